The minimum atomic E-state index is 0. The van der Waals surface area contributed by atoms with Crippen molar-refractivity contribution in [2.24, 2.45) is 0 Å². The molecule has 7 heteroatoms. The van der Waals surface area contributed by atoms with Gasteiger partial charge in [-0.05, 0) is 51.2 Å². The van der Waals surface area contributed by atoms with E-state index in [-0.39, 0.29) is 17.9 Å². The number of benzene rings is 1. The van der Waals surface area contributed by atoms with Crippen molar-refractivity contribution in [2.75, 3.05) is 25.9 Å². The highest BCUT2D eigenvalue weighted by Gasteiger charge is 2.21. The molecule has 1 aliphatic heterocycles. The summed E-state index contributed by atoms with van der Waals surface area (Å²) in [4.78, 5) is 15.1. The maximum atomic E-state index is 5.88. The van der Waals surface area contributed by atoms with Crippen LogP contribution in [0.15, 0.2) is 36.5 Å². The van der Waals surface area contributed by atoms with Crippen LogP contribution in [-0.2, 0) is 0 Å². The molecule has 4 rings (SSSR count). The Morgan fingerprint density at radius 3 is 2.68 bits per heavy atom. The maximum absolute atomic E-state index is 5.88. The van der Waals surface area contributed by atoms with Crippen LogP contribution in [0.4, 0.5) is 5.69 Å². The smallest absolute Gasteiger partial charge is 0.132 e. The van der Waals surface area contributed by atoms with Crippen molar-refractivity contribution in [2.45, 2.75) is 18.8 Å². The average molecular weight is 362 g/mol. The topological polar surface area (TPSA) is 102 Å². The molecule has 5 N–H and O–H groups in total. The first-order chi connectivity index (χ1) is 11.2. The summed E-state index contributed by atoms with van der Waals surface area (Å²) >= 11 is 0. The molecule has 0 radical (unpaired) electrons. The Bertz CT molecular complexity index is 842. The highest BCUT2D eigenvalue weighted by atomic mass is 35.5. The molecule has 0 amide bonds. The predicted octanol–water partition coefficient (Wildman–Crippen LogP) is 2.61. The standard InChI is InChI=1S/C18H21N5.ClH.H2O/c1-23-7-5-12(6-8-23)18-20-11-17-16(22-18)10-15(21-17)13-3-2-4-14(19)9-13;;/h2-4,9-12,21H,5-8,19H2,1H3;1H;1H2. The van der Waals surface area contributed by atoms with Crippen molar-refractivity contribution in [3.8, 4) is 11.3 Å². The molecule has 0 aliphatic carbocycles. The fourth-order valence-electron chi connectivity index (χ4n) is 3.26. The van der Waals surface area contributed by atoms with Crippen LogP contribution >= 0.6 is 12.4 Å². The molecule has 0 saturated carbocycles. The molecule has 0 spiro atoms. The first-order valence-corrected chi connectivity index (χ1v) is 8.09. The van der Waals surface area contributed by atoms with Crippen LogP contribution < -0.4 is 5.73 Å². The minimum absolute atomic E-state index is 0. The van der Waals surface area contributed by atoms with Crippen molar-refractivity contribution in [1.29, 1.82) is 0 Å². The summed E-state index contributed by atoms with van der Waals surface area (Å²) in [5.74, 6) is 1.45. The van der Waals surface area contributed by atoms with Crippen molar-refractivity contribution in [1.82, 2.24) is 19.9 Å². The Kier molecular flexibility index (Phi) is 6.00. The van der Waals surface area contributed by atoms with Gasteiger partial charge < -0.3 is 21.1 Å². The second kappa shape index (κ2) is 7.82. The SMILES string of the molecule is CN1CCC(c2ncc3[nH]c(-c4cccc(N)c4)cc3n2)CC1.Cl.O. The lowest BCUT2D eigenvalue weighted by Gasteiger charge is -2.27. The number of hydrogen-bond acceptors (Lipinski definition) is 4. The molecule has 0 atom stereocenters. The second-order valence-electron chi connectivity index (χ2n) is 6.41. The zero-order chi connectivity index (χ0) is 15.8. The number of likely N-dealkylation sites (tertiary alicyclic amines) is 1. The van der Waals surface area contributed by atoms with Crippen LogP contribution in [0.1, 0.15) is 24.6 Å². The lowest BCUT2D eigenvalue weighted by atomic mass is 9.96. The molecule has 3 aromatic rings. The molecule has 6 nitrogen and oxygen atoms in total. The van der Waals surface area contributed by atoms with Gasteiger partial charge in [0.1, 0.15) is 5.82 Å². The number of rotatable bonds is 2. The first-order valence-electron chi connectivity index (χ1n) is 8.09. The summed E-state index contributed by atoms with van der Waals surface area (Å²) < 4.78 is 0. The second-order valence-corrected chi connectivity index (χ2v) is 6.41. The van der Waals surface area contributed by atoms with E-state index in [1.807, 2.05) is 30.5 Å². The monoisotopic (exact) mass is 361 g/mol. The Balaban J connectivity index is 0.00000113. The predicted molar refractivity (Wildman–Crippen MR) is 104 cm³/mol. The maximum Gasteiger partial charge on any atom is 0.132 e. The van der Waals surface area contributed by atoms with Crippen molar-refractivity contribution < 1.29 is 5.48 Å². The quantitative estimate of drug-likeness (QED) is 0.685. The summed E-state index contributed by atoms with van der Waals surface area (Å²) in [6, 6.07) is 9.96. The third-order valence-corrected chi connectivity index (χ3v) is 4.67. The fourth-order valence-corrected chi connectivity index (χ4v) is 3.26. The van der Waals surface area contributed by atoms with Gasteiger partial charge in [0.15, 0.2) is 0 Å². The summed E-state index contributed by atoms with van der Waals surface area (Å²) in [5.41, 5.74) is 10.7. The van der Waals surface area contributed by atoms with Gasteiger partial charge in [0, 0.05) is 22.9 Å². The number of nitrogen functional groups attached to an aromatic ring is 1. The summed E-state index contributed by atoms with van der Waals surface area (Å²) in [6.07, 6.45) is 4.18. The number of hydrogen-bond donors (Lipinski definition) is 2. The number of fused-ring (bicyclic) bond motifs is 1. The van der Waals surface area contributed by atoms with E-state index in [0.29, 0.717) is 5.92 Å². The van der Waals surface area contributed by atoms with Gasteiger partial charge in [0.05, 0.1) is 17.2 Å². The molecule has 1 aromatic carbocycles. The van der Waals surface area contributed by atoms with Crippen LogP contribution in [0.25, 0.3) is 22.3 Å². The number of nitrogens with two attached hydrogens (primary N) is 1. The number of H-pyrrole nitrogens is 1. The minimum Gasteiger partial charge on any atom is -0.412 e. The van der Waals surface area contributed by atoms with Crippen molar-refractivity contribution in [3.05, 3.63) is 42.4 Å². The van der Waals surface area contributed by atoms with E-state index in [0.717, 1.165) is 59.7 Å². The van der Waals surface area contributed by atoms with Crippen LogP contribution in [0.5, 0.6) is 0 Å². The van der Waals surface area contributed by atoms with Gasteiger partial charge in [-0.25, -0.2) is 9.97 Å². The summed E-state index contributed by atoms with van der Waals surface area (Å²) in [7, 11) is 2.17. The Hall–Kier alpha value is -2.15. The number of halogens is 1. The van der Waals surface area contributed by atoms with Gasteiger partial charge in [-0.3, -0.25) is 0 Å². The van der Waals surface area contributed by atoms with Crippen LogP contribution in [-0.4, -0.2) is 45.5 Å². The average Bonchev–Trinajstić information content (AvgIpc) is 2.99. The van der Waals surface area contributed by atoms with Gasteiger partial charge in [0.2, 0.25) is 0 Å². The van der Waals surface area contributed by atoms with E-state index in [1.165, 1.54) is 0 Å². The molecule has 134 valence electrons. The largest absolute Gasteiger partial charge is 0.412 e. The molecule has 2 aromatic heterocycles. The van der Waals surface area contributed by atoms with Crippen LogP contribution in [0.2, 0.25) is 0 Å². The molecule has 1 saturated heterocycles. The lowest BCUT2D eigenvalue weighted by molar-refractivity contribution is 0.251. The van der Waals surface area contributed by atoms with Gasteiger partial charge in [0.25, 0.3) is 0 Å². The van der Waals surface area contributed by atoms with Gasteiger partial charge in [-0.1, -0.05) is 12.1 Å². The van der Waals surface area contributed by atoms with E-state index in [2.05, 4.69) is 28.0 Å². The number of aromatic amines is 1. The van der Waals surface area contributed by atoms with Crippen molar-refractivity contribution in [3.63, 3.8) is 0 Å². The van der Waals surface area contributed by atoms with Gasteiger partial charge >= 0.3 is 0 Å². The van der Waals surface area contributed by atoms with Crippen molar-refractivity contribution >= 4 is 29.1 Å². The van der Waals surface area contributed by atoms with Crippen LogP contribution in [0, 0.1) is 0 Å². The molecule has 25 heavy (non-hydrogen) atoms. The number of nitrogens with one attached hydrogen (secondary N) is 1. The molecular formula is C18H24ClN5O. The van der Waals surface area contributed by atoms with Gasteiger partial charge in [-0.15, -0.1) is 12.4 Å². The normalized spacial score (nSPS) is 15.6. The van der Waals surface area contributed by atoms with Gasteiger partial charge in [-0.2, -0.15) is 0 Å². The van der Waals surface area contributed by atoms with E-state index >= 15 is 0 Å². The number of nitrogens with zero attached hydrogens (tertiary/aromatic N) is 3. The molecule has 0 unspecified atom stereocenters. The van der Waals surface area contributed by atoms with E-state index in [4.69, 9.17) is 10.7 Å². The summed E-state index contributed by atoms with van der Waals surface area (Å²) in [5, 5.41) is 0. The number of piperidine rings is 1. The number of anilines is 1. The molecule has 1 fully saturated rings. The Morgan fingerprint density at radius 1 is 1.20 bits per heavy atom. The van der Waals surface area contributed by atoms with Crippen LogP contribution in [0.3, 0.4) is 0 Å². The third kappa shape index (κ3) is 3.92. The molecule has 3 heterocycles. The third-order valence-electron chi connectivity index (χ3n) is 4.67. The molecule has 0 bridgehead atoms. The highest BCUT2D eigenvalue weighted by Crippen LogP contribution is 2.28. The Labute approximate surface area is 153 Å². The number of aromatic nitrogens is 3. The molecular weight excluding hydrogens is 338 g/mol. The zero-order valence-corrected chi connectivity index (χ0v) is 15.0. The highest BCUT2D eigenvalue weighted by molar-refractivity contribution is 5.85. The van der Waals surface area contributed by atoms with E-state index in [9.17, 15) is 0 Å². The Morgan fingerprint density at radius 2 is 1.96 bits per heavy atom. The van der Waals surface area contributed by atoms with E-state index < -0.39 is 0 Å². The fraction of sp³-hybridized carbons (Fsp3) is 0.333. The summed E-state index contributed by atoms with van der Waals surface area (Å²) in [6.45, 7) is 2.24. The van der Waals surface area contributed by atoms with E-state index in [1.54, 1.807) is 0 Å². The first kappa shape index (κ1) is 19.2. The lowest BCUT2D eigenvalue weighted by Crippen LogP contribution is -2.29. The zero-order valence-electron chi connectivity index (χ0n) is 14.2. The molecule has 1 aliphatic rings.